The van der Waals surface area contributed by atoms with E-state index < -0.39 is 23.5 Å². The third kappa shape index (κ3) is 7.60. The Hall–Kier alpha value is -4.30. The lowest BCUT2D eigenvalue weighted by Gasteiger charge is -2.22. The molecule has 4 N–H and O–H groups in total. The first kappa shape index (κ1) is 26.8. The number of hydrogen-bond acceptors (Lipinski definition) is 6. The Labute approximate surface area is 222 Å². The van der Waals surface area contributed by atoms with Crippen LogP contribution in [0.5, 0.6) is 0 Å². The van der Waals surface area contributed by atoms with Crippen LogP contribution in [0.4, 0.5) is 0 Å². The Morgan fingerprint density at radius 3 is 2.34 bits per heavy atom. The minimum Gasteiger partial charge on any atom is -0.342 e. The number of carbonyl (C=O) groups is 2. The molecule has 0 unspecified atom stereocenters. The van der Waals surface area contributed by atoms with E-state index in [9.17, 15) is 9.59 Å². The lowest BCUT2D eigenvalue weighted by Crippen LogP contribution is -2.49. The summed E-state index contributed by atoms with van der Waals surface area (Å²) in [6.45, 7) is 5.30. The van der Waals surface area contributed by atoms with Gasteiger partial charge in [-0.25, -0.2) is 0 Å². The summed E-state index contributed by atoms with van der Waals surface area (Å²) >= 11 is 0. The van der Waals surface area contributed by atoms with Crippen molar-refractivity contribution in [1.29, 1.82) is 0 Å². The number of nitrogens with zero attached hydrogens (tertiary/aromatic N) is 2. The molecule has 0 bridgehead atoms. The lowest BCUT2D eigenvalue weighted by atomic mass is 10.00. The molecule has 4 rings (SSSR count). The number of carbonyl (C=O) groups excluding carboxylic acids is 2. The fourth-order valence-electron chi connectivity index (χ4n) is 4.10. The number of hydrogen-bond donors (Lipinski definition) is 3. The van der Waals surface area contributed by atoms with Gasteiger partial charge in [-0.2, -0.15) is 4.98 Å². The van der Waals surface area contributed by atoms with Gasteiger partial charge in [-0.1, -0.05) is 84.0 Å². The van der Waals surface area contributed by atoms with Gasteiger partial charge in [0.25, 0.3) is 0 Å². The topological polar surface area (TPSA) is 123 Å². The molecule has 38 heavy (non-hydrogen) atoms. The molecule has 4 aromatic rings. The second kappa shape index (κ2) is 11.8. The minimum atomic E-state index is -0.850. The molecule has 8 heteroatoms. The van der Waals surface area contributed by atoms with Gasteiger partial charge in [0.05, 0.1) is 0 Å². The molecule has 3 aromatic carbocycles. The first-order valence-electron chi connectivity index (χ1n) is 12.6. The van der Waals surface area contributed by atoms with E-state index in [4.69, 9.17) is 10.3 Å². The zero-order valence-electron chi connectivity index (χ0n) is 21.8. The van der Waals surface area contributed by atoms with E-state index in [2.05, 4.69) is 20.8 Å². The molecular formula is C30H33N5O3. The Balaban J connectivity index is 1.59. The van der Waals surface area contributed by atoms with E-state index in [1.807, 2.05) is 72.8 Å². The summed E-state index contributed by atoms with van der Waals surface area (Å²) in [5.41, 5.74) is 7.24. The van der Waals surface area contributed by atoms with Crippen molar-refractivity contribution in [3.63, 3.8) is 0 Å². The number of aromatic nitrogens is 2. The third-order valence-corrected chi connectivity index (χ3v) is 5.99. The maximum absolute atomic E-state index is 13.7. The van der Waals surface area contributed by atoms with Gasteiger partial charge in [0.1, 0.15) is 12.1 Å². The van der Waals surface area contributed by atoms with E-state index in [0.29, 0.717) is 24.6 Å². The normalized spacial score (nSPS) is 13.4. The van der Waals surface area contributed by atoms with Gasteiger partial charge in [-0.05, 0) is 42.7 Å². The van der Waals surface area contributed by atoms with E-state index in [1.54, 1.807) is 26.8 Å². The predicted octanol–water partition coefficient (Wildman–Crippen LogP) is 3.95. The molecule has 0 fully saturated rings. The first-order chi connectivity index (χ1) is 18.2. The quantitative estimate of drug-likeness (QED) is 0.277. The molecule has 2 amide bonds. The molecule has 0 aliphatic rings. The van der Waals surface area contributed by atoms with Gasteiger partial charge >= 0.3 is 0 Å². The van der Waals surface area contributed by atoms with Crippen molar-refractivity contribution in [3.05, 3.63) is 108 Å². The van der Waals surface area contributed by atoms with E-state index in [0.717, 1.165) is 21.9 Å². The van der Waals surface area contributed by atoms with Gasteiger partial charge in [-0.15, -0.1) is 0 Å². The fourth-order valence-corrected chi connectivity index (χ4v) is 4.10. The van der Waals surface area contributed by atoms with Gasteiger partial charge in [0, 0.05) is 24.5 Å². The van der Waals surface area contributed by atoms with Crippen molar-refractivity contribution in [2.24, 2.45) is 5.73 Å². The van der Waals surface area contributed by atoms with Gasteiger partial charge < -0.3 is 20.9 Å². The number of fused-ring (bicyclic) bond motifs is 1. The highest BCUT2D eigenvalue weighted by molar-refractivity contribution is 5.93. The number of amides is 2. The molecule has 0 saturated carbocycles. The maximum Gasteiger partial charge on any atom is 0.249 e. The highest BCUT2D eigenvalue weighted by Crippen LogP contribution is 2.19. The summed E-state index contributed by atoms with van der Waals surface area (Å²) in [5.74, 6) is 0.0181. The second-order valence-electron chi connectivity index (χ2n) is 10.0. The Bertz CT molecular complexity index is 1420. The van der Waals surface area contributed by atoms with Crippen LogP contribution in [-0.2, 0) is 22.4 Å². The summed E-state index contributed by atoms with van der Waals surface area (Å²) in [6.07, 6.45) is 3.71. The van der Waals surface area contributed by atoms with Gasteiger partial charge in [0.15, 0.2) is 5.82 Å². The highest BCUT2D eigenvalue weighted by atomic mass is 16.5. The zero-order valence-corrected chi connectivity index (χ0v) is 21.8. The van der Waals surface area contributed by atoms with Crippen molar-refractivity contribution in [2.75, 3.05) is 0 Å². The van der Waals surface area contributed by atoms with Crippen LogP contribution in [-0.4, -0.2) is 33.5 Å². The van der Waals surface area contributed by atoms with Crippen LogP contribution in [0.2, 0.25) is 0 Å². The SMILES string of the molecule is Cc1noc([C@@H](Cc2ccccc2)NC(=O)[C@@H](Cc2ccc3ccccc3c2)NC(=O)C=CC(C)(C)N)n1. The molecular weight excluding hydrogens is 478 g/mol. The summed E-state index contributed by atoms with van der Waals surface area (Å²) in [5, 5.41) is 11.9. The van der Waals surface area contributed by atoms with Crippen LogP contribution >= 0.6 is 0 Å². The molecule has 8 nitrogen and oxygen atoms in total. The molecule has 196 valence electrons. The molecule has 1 heterocycles. The van der Waals surface area contributed by atoms with Crippen LogP contribution in [0.1, 0.15) is 42.7 Å². The number of aryl methyl sites for hydroxylation is 1. The second-order valence-corrected chi connectivity index (χ2v) is 10.0. The molecule has 2 atom stereocenters. The molecule has 0 saturated heterocycles. The van der Waals surface area contributed by atoms with Crippen LogP contribution in [0.3, 0.4) is 0 Å². The molecule has 0 aliphatic heterocycles. The standard InChI is InChI=1S/C30H33N5O3/c1-20-32-29(38-35-20)26(18-21-9-5-4-6-10-21)34-28(37)25(33-27(36)15-16-30(2,3)31)19-22-13-14-23-11-7-8-12-24(23)17-22/h4-17,25-26H,18-19,31H2,1-3H3,(H,33,36)(H,34,37)/t25-,26-/m1/s1. The number of rotatable bonds is 10. The number of nitrogens with two attached hydrogens (primary N) is 1. The van der Waals surface area contributed by atoms with Gasteiger partial charge in [0.2, 0.25) is 17.7 Å². The van der Waals surface area contributed by atoms with Crippen molar-refractivity contribution in [3.8, 4) is 0 Å². The summed E-state index contributed by atoms with van der Waals surface area (Å²) in [7, 11) is 0. The minimum absolute atomic E-state index is 0.295. The first-order valence-corrected chi connectivity index (χ1v) is 12.6. The molecule has 0 radical (unpaired) electrons. The monoisotopic (exact) mass is 511 g/mol. The van der Waals surface area contributed by atoms with Crippen LogP contribution < -0.4 is 16.4 Å². The smallest absolute Gasteiger partial charge is 0.249 e. The van der Waals surface area contributed by atoms with Crippen LogP contribution in [0.25, 0.3) is 10.8 Å². The number of nitrogens with one attached hydrogen (secondary N) is 2. The third-order valence-electron chi connectivity index (χ3n) is 5.99. The Morgan fingerprint density at radius 1 is 0.947 bits per heavy atom. The van der Waals surface area contributed by atoms with Crippen molar-refractivity contribution in [1.82, 2.24) is 20.8 Å². The Morgan fingerprint density at radius 2 is 1.66 bits per heavy atom. The van der Waals surface area contributed by atoms with Crippen LogP contribution in [0.15, 0.2) is 89.5 Å². The fraction of sp³-hybridized carbons (Fsp3) is 0.267. The average Bonchev–Trinajstić information content (AvgIpc) is 3.33. The number of benzene rings is 3. The zero-order chi connectivity index (χ0) is 27.1. The van der Waals surface area contributed by atoms with Gasteiger partial charge in [-0.3, -0.25) is 9.59 Å². The molecule has 0 spiro atoms. The molecule has 1 aromatic heterocycles. The summed E-state index contributed by atoms with van der Waals surface area (Å²) < 4.78 is 5.41. The highest BCUT2D eigenvalue weighted by Gasteiger charge is 2.27. The predicted molar refractivity (Wildman–Crippen MR) is 147 cm³/mol. The van der Waals surface area contributed by atoms with E-state index >= 15 is 0 Å². The summed E-state index contributed by atoms with van der Waals surface area (Å²) in [4.78, 5) is 30.8. The summed E-state index contributed by atoms with van der Waals surface area (Å²) in [6, 6.07) is 22.3. The largest absolute Gasteiger partial charge is 0.342 e. The van der Waals surface area contributed by atoms with E-state index in [1.165, 1.54) is 6.08 Å². The van der Waals surface area contributed by atoms with Crippen LogP contribution in [0, 0.1) is 6.92 Å². The van der Waals surface area contributed by atoms with Crippen molar-refractivity contribution in [2.45, 2.75) is 51.2 Å². The Kier molecular flexibility index (Phi) is 8.33. The van der Waals surface area contributed by atoms with E-state index in [-0.39, 0.29) is 5.91 Å². The molecule has 0 aliphatic carbocycles. The lowest BCUT2D eigenvalue weighted by molar-refractivity contribution is -0.127. The maximum atomic E-state index is 13.7. The van der Waals surface area contributed by atoms with Crippen molar-refractivity contribution >= 4 is 22.6 Å². The average molecular weight is 512 g/mol. The van der Waals surface area contributed by atoms with Crippen molar-refractivity contribution < 1.29 is 14.1 Å².